The lowest BCUT2D eigenvalue weighted by Gasteiger charge is -2.03. The second kappa shape index (κ2) is 6.33. The molecule has 0 bridgehead atoms. The lowest BCUT2D eigenvalue weighted by Crippen LogP contribution is -2.12. The van der Waals surface area contributed by atoms with Crippen LogP contribution in [0.2, 0.25) is 0 Å². The molecule has 0 atom stereocenters. The molecule has 2 rings (SSSR count). The summed E-state index contributed by atoms with van der Waals surface area (Å²) in [6.45, 7) is 3.74. The molecule has 0 aliphatic carbocycles. The average molecular weight is 403 g/mol. The Morgan fingerprint density at radius 3 is 2.71 bits per heavy atom. The van der Waals surface area contributed by atoms with Crippen molar-refractivity contribution in [2.75, 3.05) is 0 Å². The summed E-state index contributed by atoms with van der Waals surface area (Å²) < 4.78 is 3.79. The number of aromatic nitrogens is 4. The van der Waals surface area contributed by atoms with Crippen molar-refractivity contribution < 1.29 is 9.72 Å². The van der Waals surface area contributed by atoms with Gasteiger partial charge in [0.25, 0.3) is 0 Å². The van der Waals surface area contributed by atoms with Gasteiger partial charge in [0, 0.05) is 19.2 Å². The lowest BCUT2D eigenvalue weighted by molar-refractivity contribution is -0.386. The number of carbonyl (C=O) groups excluding carboxylic acids is 1. The second-order valence-electron chi connectivity index (χ2n) is 4.60. The van der Waals surface area contributed by atoms with Gasteiger partial charge in [-0.05, 0) is 42.9 Å². The summed E-state index contributed by atoms with van der Waals surface area (Å²) in [5.74, 6) is -0.103. The Morgan fingerprint density at radius 1 is 1.48 bits per heavy atom. The van der Waals surface area contributed by atoms with Crippen molar-refractivity contribution >= 4 is 34.2 Å². The van der Waals surface area contributed by atoms with E-state index < -0.39 is 4.92 Å². The van der Waals surface area contributed by atoms with E-state index >= 15 is 0 Å². The molecule has 0 aromatic carbocycles. The Kier molecular flexibility index (Phi) is 4.70. The van der Waals surface area contributed by atoms with E-state index in [1.165, 1.54) is 4.68 Å². The Morgan fingerprint density at radius 2 is 2.19 bits per heavy atom. The highest BCUT2D eigenvalue weighted by Crippen LogP contribution is 2.22. The molecule has 8 nitrogen and oxygen atoms in total. The third kappa shape index (κ3) is 3.46. The van der Waals surface area contributed by atoms with Gasteiger partial charge in [-0.25, -0.2) is 4.68 Å². The van der Waals surface area contributed by atoms with Gasteiger partial charge >= 0.3 is 5.69 Å². The molecule has 0 fully saturated rings. The Labute approximate surface area is 134 Å². The summed E-state index contributed by atoms with van der Waals surface area (Å²) in [6.07, 6.45) is 4.14. The molecule has 112 valence electrons. The number of nitrogens with zero attached hydrogens (tertiary/aromatic N) is 5. The first-order chi connectivity index (χ1) is 9.90. The van der Waals surface area contributed by atoms with Gasteiger partial charge in [-0.3, -0.25) is 19.6 Å². The minimum atomic E-state index is -0.426. The highest BCUT2D eigenvalue weighted by atomic mass is 127. The van der Waals surface area contributed by atoms with Crippen LogP contribution < -0.4 is 0 Å². The van der Waals surface area contributed by atoms with Gasteiger partial charge in [-0.2, -0.15) is 10.2 Å². The highest BCUT2D eigenvalue weighted by Gasteiger charge is 2.21. The lowest BCUT2D eigenvalue weighted by atomic mass is 10.3. The molecule has 0 spiro atoms. The first-order valence-electron chi connectivity index (χ1n) is 6.32. The van der Waals surface area contributed by atoms with Crippen molar-refractivity contribution in [3.8, 4) is 0 Å². The maximum absolute atomic E-state index is 11.9. The molecule has 0 aliphatic rings. The van der Waals surface area contributed by atoms with E-state index in [2.05, 4.69) is 32.8 Å². The van der Waals surface area contributed by atoms with Crippen molar-refractivity contribution in [3.05, 3.63) is 37.5 Å². The number of nitro groups is 1. The summed E-state index contributed by atoms with van der Waals surface area (Å²) >= 11 is 2.08. The fourth-order valence-electron chi connectivity index (χ4n) is 2.10. The molecular formula is C12H14IN5O3. The van der Waals surface area contributed by atoms with Crippen LogP contribution in [0.1, 0.15) is 29.0 Å². The van der Waals surface area contributed by atoms with Gasteiger partial charge in [0.1, 0.15) is 11.4 Å². The molecule has 2 aromatic rings. The zero-order valence-corrected chi connectivity index (χ0v) is 13.8. The molecule has 0 radical (unpaired) electrons. The van der Waals surface area contributed by atoms with Crippen LogP contribution in [0.25, 0.3) is 0 Å². The van der Waals surface area contributed by atoms with Crippen molar-refractivity contribution in [2.24, 2.45) is 0 Å². The molecule has 9 heteroatoms. The number of aryl methyl sites for hydroxylation is 2. The van der Waals surface area contributed by atoms with Crippen LogP contribution in [0, 0.1) is 27.5 Å². The van der Waals surface area contributed by atoms with E-state index in [4.69, 9.17) is 0 Å². The minimum absolute atomic E-state index is 0.0444. The van der Waals surface area contributed by atoms with Crippen LogP contribution in [0.5, 0.6) is 0 Å². The molecule has 0 N–H and O–H groups in total. The summed E-state index contributed by atoms with van der Waals surface area (Å²) in [6, 6.07) is 0. The maximum atomic E-state index is 11.9. The highest BCUT2D eigenvalue weighted by molar-refractivity contribution is 14.1. The predicted octanol–water partition coefficient (Wildman–Crippen LogP) is 2.33. The van der Waals surface area contributed by atoms with E-state index in [9.17, 15) is 14.9 Å². The van der Waals surface area contributed by atoms with Crippen LogP contribution in [0.3, 0.4) is 0 Å². The standard InChI is InChI=1S/C12H14IN5O3/c1-8-12(18(20)21)9(2)16(15-8)5-3-4-11(19)17-7-10(13)6-14-17/h6-7H,3-5H2,1-2H3. The minimum Gasteiger partial charge on any atom is -0.273 e. The topological polar surface area (TPSA) is 95.8 Å². The Bertz CT molecular complexity index is 691. The van der Waals surface area contributed by atoms with Crippen molar-refractivity contribution in [3.63, 3.8) is 0 Å². The van der Waals surface area contributed by atoms with Gasteiger partial charge in [-0.15, -0.1) is 0 Å². The van der Waals surface area contributed by atoms with Crippen LogP contribution in [-0.2, 0) is 6.54 Å². The monoisotopic (exact) mass is 403 g/mol. The van der Waals surface area contributed by atoms with E-state index in [1.54, 1.807) is 30.9 Å². The molecular weight excluding hydrogens is 389 g/mol. The summed E-state index contributed by atoms with van der Waals surface area (Å²) in [5.41, 5.74) is 0.951. The number of hydrogen-bond acceptors (Lipinski definition) is 5. The first kappa shape index (κ1) is 15.6. The summed E-state index contributed by atoms with van der Waals surface area (Å²) in [4.78, 5) is 22.4. The van der Waals surface area contributed by atoms with Crippen molar-refractivity contribution in [2.45, 2.75) is 33.2 Å². The number of rotatable bonds is 5. The molecule has 2 heterocycles. The predicted molar refractivity (Wildman–Crippen MR) is 83.2 cm³/mol. The summed E-state index contributed by atoms with van der Waals surface area (Å²) in [5, 5.41) is 19.0. The van der Waals surface area contributed by atoms with Gasteiger partial charge in [0.05, 0.1) is 14.7 Å². The fourth-order valence-corrected chi connectivity index (χ4v) is 2.49. The molecule has 0 aliphatic heterocycles. The molecule has 0 unspecified atom stereocenters. The number of hydrogen-bond donors (Lipinski definition) is 0. The van der Waals surface area contributed by atoms with Crippen LogP contribution >= 0.6 is 22.6 Å². The Hall–Kier alpha value is -1.78. The largest absolute Gasteiger partial charge is 0.312 e. The average Bonchev–Trinajstić information content (AvgIpc) is 2.94. The maximum Gasteiger partial charge on any atom is 0.312 e. The normalized spacial score (nSPS) is 10.8. The van der Waals surface area contributed by atoms with Gasteiger partial charge in [0.2, 0.25) is 5.91 Å². The number of carbonyl (C=O) groups is 1. The van der Waals surface area contributed by atoms with Crippen LogP contribution in [0.15, 0.2) is 12.4 Å². The van der Waals surface area contributed by atoms with Crippen molar-refractivity contribution in [1.29, 1.82) is 0 Å². The van der Waals surface area contributed by atoms with Crippen molar-refractivity contribution in [1.82, 2.24) is 19.6 Å². The Balaban J connectivity index is 1.96. The third-order valence-electron chi connectivity index (χ3n) is 3.09. The van der Waals surface area contributed by atoms with E-state index in [0.717, 1.165) is 3.57 Å². The molecule has 21 heavy (non-hydrogen) atoms. The molecule has 0 saturated carbocycles. The molecule has 2 aromatic heterocycles. The molecule has 0 saturated heterocycles. The van der Waals surface area contributed by atoms with Crippen LogP contribution in [-0.4, -0.2) is 30.4 Å². The number of halogens is 1. The van der Waals surface area contributed by atoms with Gasteiger partial charge < -0.3 is 0 Å². The van der Waals surface area contributed by atoms with Gasteiger partial charge in [0.15, 0.2) is 0 Å². The van der Waals surface area contributed by atoms with E-state index in [-0.39, 0.29) is 11.6 Å². The zero-order valence-electron chi connectivity index (χ0n) is 11.6. The van der Waals surface area contributed by atoms with E-state index in [0.29, 0.717) is 30.8 Å². The summed E-state index contributed by atoms with van der Waals surface area (Å²) in [7, 11) is 0. The SMILES string of the molecule is Cc1nn(CCCC(=O)n2cc(I)cn2)c(C)c1[N+](=O)[O-]. The van der Waals surface area contributed by atoms with Crippen LogP contribution in [0.4, 0.5) is 5.69 Å². The second-order valence-corrected chi connectivity index (χ2v) is 5.85. The zero-order chi connectivity index (χ0) is 15.6. The third-order valence-corrected chi connectivity index (χ3v) is 3.65. The molecule has 0 amide bonds. The van der Waals surface area contributed by atoms with E-state index in [1.807, 2.05) is 0 Å². The first-order valence-corrected chi connectivity index (χ1v) is 7.39. The van der Waals surface area contributed by atoms with Gasteiger partial charge in [-0.1, -0.05) is 0 Å². The fraction of sp³-hybridized carbons (Fsp3) is 0.417. The quantitative estimate of drug-likeness (QED) is 0.434. The smallest absolute Gasteiger partial charge is 0.273 e.